The molecule has 2 bridgehead atoms. The zero-order chi connectivity index (χ0) is 5.56. The van der Waals surface area contributed by atoms with Gasteiger partial charge in [0.05, 0.1) is 17.2 Å². The molecule has 2 rings (SSSR count). The van der Waals surface area contributed by atoms with Crippen molar-refractivity contribution in [2.24, 2.45) is 0 Å². The van der Waals surface area contributed by atoms with Crippen LogP contribution in [0.25, 0.3) is 0 Å². The fourth-order valence-corrected chi connectivity index (χ4v) is 1.66. The van der Waals surface area contributed by atoms with E-state index in [2.05, 4.69) is 10.6 Å². The van der Waals surface area contributed by atoms with E-state index in [9.17, 15) is 0 Å². The molecule has 0 aliphatic carbocycles. The normalized spacial score (nSPS) is 42.8. The molecule has 2 N–H and O–H groups in total. The van der Waals surface area contributed by atoms with Crippen LogP contribution in [0.4, 0.5) is 0 Å². The van der Waals surface area contributed by atoms with E-state index in [1.165, 1.54) is 12.8 Å². The number of thiocarbonyl (C=S) groups is 1. The van der Waals surface area contributed by atoms with E-state index >= 15 is 0 Å². The molecule has 0 aromatic carbocycles. The van der Waals surface area contributed by atoms with E-state index in [0.717, 1.165) is 4.99 Å². The van der Waals surface area contributed by atoms with E-state index in [4.69, 9.17) is 12.2 Å². The molecule has 2 aliphatic rings. The fourth-order valence-electron chi connectivity index (χ4n) is 1.34. The Labute approximate surface area is 53.6 Å². The van der Waals surface area contributed by atoms with Crippen LogP contribution in [0.5, 0.6) is 0 Å². The Morgan fingerprint density at radius 3 is 2.62 bits per heavy atom. The molecule has 0 spiro atoms. The molecule has 0 amide bonds. The molecule has 2 aliphatic heterocycles. The van der Waals surface area contributed by atoms with Gasteiger partial charge in [-0.3, -0.25) is 5.32 Å². The van der Waals surface area contributed by atoms with Crippen molar-refractivity contribution in [3.63, 3.8) is 0 Å². The Balaban J connectivity index is 2.22. The van der Waals surface area contributed by atoms with Gasteiger partial charge in [0.15, 0.2) is 0 Å². The average molecular weight is 128 g/mol. The van der Waals surface area contributed by atoms with Gasteiger partial charge in [-0.25, -0.2) is 0 Å². The van der Waals surface area contributed by atoms with Crippen molar-refractivity contribution >= 4 is 17.2 Å². The summed E-state index contributed by atoms with van der Waals surface area (Å²) in [5.41, 5.74) is 0. The molecule has 0 aromatic rings. The van der Waals surface area contributed by atoms with Crippen LogP contribution in [0.1, 0.15) is 12.8 Å². The molecule has 0 unspecified atom stereocenters. The predicted octanol–water partition coefficient (Wildman–Crippen LogP) is -0.00490. The van der Waals surface area contributed by atoms with Gasteiger partial charge in [-0.15, -0.1) is 0 Å². The van der Waals surface area contributed by atoms with E-state index in [0.29, 0.717) is 12.2 Å². The van der Waals surface area contributed by atoms with Gasteiger partial charge in [0.1, 0.15) is 0 Å². The molecule has 2 atom stereocenters. The summed E-state index contributed by atoms with van der Waals surface area (Å²) in [6.07, 6.45) is 2.98. The van der Waals surface area contributed by atoms with E-state index in [1.54, 1.807) is 0 Å². The van der Waals surface area contributed by atoms with E-state index in [1.807, 2.05) is 0 Å². The van der Waals surface area contributed by atoms with Gasteiger partial charge in [0.2, 0.25) is 0 Å². The zero-order valence-electron chi connectivity index (χ0n) is 4.48. The van der Waals surface area contributed by atoms with Crippen molar-refractivity contribution in [2.45, 2.75) is 25.0 Å². The number of rotatable bonds is 0. The standard InChI is InChI=1S/C5H8N2S/c8-5-3-1-2-4(6-3)7-5/h3-4,6H,1-2H2,(H,7,8)/t3-,4-/m0/s1. The van der Waals surface area contributed by atoms with Crippen LogP contribution in [0.3, 0.4) is 0 Å². The average Bonchev–Trinajstić information content (AvgIpc) is 2.23. The largest absolute Gasteiger partial charge is 0.363 e. The Morgan fingerprint density at radius 2 is 2.38 bits per heavy atom. The van der Waals surface area contributed by atoms with Crippen LogP contribution < -0.4 is 10.6 Å². The van der Waals surface area contributed by atoms with Gasteiger partial charge in [-0.05, 0) is 12.8 Å². The predicted molar refractivity (Wildman–Crippen MR) is 35.7 cm³/mol. The third-order valence-corrected chi connectivity index (χ3v) is 2.18. The second-order valence-electron chi connectivity index (χ2n) is 2.36. The lowest BCUT2D eigenvalue weighted by Gasteiger charge is -2.09. The topological polar surface area (TPSA) is 24.1 Å². The molecular weight excluding hydrogens is 120 g/mol. The highest BCUT2D eigenvalue weighted by Crippen LogP contribution is 2.17. The highest BCUT2D eigenvalue weighted by molar-refractivity contribution is 7.80. The third-order valence-electron chi connectivity index (χ3n) is 1.78. The Hall–Kier alpha value is -0.150. The number of hydrogen-bond acceptors (Lipinski definition) is 2. The van der Waals surface area contributed by atoms with Crippen LogP contribution >= 0.6 is 12.2 Å². The minimum atomic E-state index is 0.507. The molecule has 0 radical (unpaired) electrons. The summed E-state index contributed by atoms with van der Waals surface area (Å²) in [5.74, 6) is 0. The molecule has 2 nitrogen and oxygen atoms in total. The Bertz CT molecular complexity index is 134. The highest BCUT2D eigenvalue weighted by Gasteiger charge is 2.33. The number of nitrogens with one attached hydrogen (secondary N) is 2. The summed E-state index contributed by atoms with van der Waals surface area (Å²) in [4.78, 5) is 1.02. The van der Waals surface area contributed by atoms with Gasteiger partial charge >= 0.3 is 0 Å². The van der Waals surface area contributed by atoms with Gasteiger partial charge in [-0.2, -0.15) is 0 Å². The molecule has 2 saturated heterocycles. The first-order valence-electron chi connectivity index (χ1n) is 2.93. The van der Waals surface area contributed by atoms with Crippen LogP contribution in [-0.2, 0) is 0 Å². The minimum absolute atomic E-state index is 0.507. The monoisotopic (exact) mass is 128 g/mol. The zero-order valence-corrected chi connectivity index (χ0v) is 5.29. The molecule has 2 fully saturated rings. The maximum atomic E-state index is 5.00. The Kier molecular flexibility index (Phi) is 0.835. The van der Waals surface area contributed by atoms with Crippen molar-refractivity contribution in [1.82, 2.24) is 10.6 Å². The summed E-state index contributed by atoms with van der Waals surface area (Å²) < 4.78 is 0. The van der Waals surface area contributed by atoms with Gasteiger partial charge in [0, 0.05) is 0 Å². The maximum absolute atomic E-state index is 5.00. The van der Waals surface area contributed by atoms with Crippen molar-refractivity contribution in [2.75, 3.05) is 0 Å². The molecule has 2 heterocycles. The number of hydrogen-bond donors (Lipinski definition) is 2. The summed E-state index contributed by atoms with van der Waals surface area (Å²) in [5, 5.41) is 6.50. The lowest BCUT2D eigenvalue weighted by molar-refractivity contribution is 0.605. The van der Waals surface area contributed by atoms with Crippen LogP contribution in [0.2, 0.25) is 0 Å². The smallest absolute Gasteiger partial charge is 0.0938 e. The molecular formula is C5H8N2S. The summed E-state index contributed by atoms with van der Waals surface area (Å²) in [7, 11) is 0. The third kappa shape index (κ3) is 0.485. The van der Waals surface area contributed by atoms with Gasteiger partial charge in [0.25, 0.3) is 0 Å². The molecule has 3 heteroatoms. The van der Waals surface area contributed by atoms with Crippen molar-refractivity contribution in [1.29, 1.82) is 0 Å². The summed E-state index contributed by atoms with van der Waals surface area (Å²) in [6.45, 7) is 0. The first kappa shape index (κ1) is 4.70. The van der Waals surface area contributed by atoms with Crippen LogP contribution in [-0.4, -0.2) is 17.2 Å². The minimum Gasteiger partial charge on any atom is -0.363 e. The summed E-state index contributed by atoms with van der Waals surface area (Å²) in [6, 6.07) is 0.509. The van der Waals surface area contributed by atoms with Gasteiger partial charge < -0.3 is 5.32 Å². The van der Waals surface area contributed by atoms with E-state index < -0.39 is 0 Å². The maximum Gasteiger partial charge on any atom is 0.0938 e. The molecule has 0 saturated carbocycles. The van der Waals surface area contributed by atoms with Crippen molar-refractivity contribution in [3.8, 4) is 0 Å². The van der Waals surface area contributed by atoms with Crippen molar-refractivity contribution < 1.29 is 0 Å². The lowest BCUT2D eigenvalue weighted by Crippen LogP contribution is -2.30. The first-order valence-corrected chi connectivity index (χ1v) is 3.33. The van der Waals surface area contributed by atoms with Gasteiger partial charge in [-0.1, -0.05) is 12.2 Å². The number of piperidine rings is 1. The fraction of sp³-hybridized carbons (Fsp3) is 0.800. The molecule has 44 valence electrons. The molecule has 8 heavy (non-hydrogen) atoms. The van der Waals surface area contributed by atoms with Crippen LogP contribution in [0, 0.1) is 0 Å². The highest BCUT2D eigenvalue weighted by atomic mass is 32.1. The van der Waals surface area contributed by atoms with E-state index in [-0.39, 0.29) is 0 Å². The lowest BCUT2D eigenvalue weighted by atomic mass is 10.2. The van der Waals surface area contributed by atoms with Crippen molar-refractivity contribution in [3.05, 3.63) is 0 Å². The van der Waals surface area contributed by atoms with Crippen LogP contribution in [0.15, 0.2) is 0 Å². The second-order valence-corrected chi connectivity index (χ2v) is 2.80. The Morgan fingerprint density at radius 1 is 1.50 bits per heavy atom. The quantitative estimate of drug-likeness (QED) is 0.449. The first-order chi connectivity index (χ1) is 3.86. The number of fused-ring (bicyclic) bond motifs is 2. The second kappa shape index (κ2) is 1.42. The summed E-state index contributed by atoms with van der Waals surface area (Å²) >= 11 is 5.00. The SMILES string of the molecule is S=C1N[C@H]2CC[C@@H]1N2. The molecule has 0 aromatic heterocycles.